The number of aryl methyl sites for hydroxylation is 1. The van der Waals surface area contributed by atoms with Gasteiger partial charge in [0.2, 0.25) is 5.91 Å². The van der Waals surface area contributed by atoms with Gasteiger partial charge in [-0.3, -0.25) is 4.79 Å². The van der Waals surface area contributed by atoms with Crippen LogP contribution in [-0.4, -0.2) is 17.1 Å². The molecule has 0 radical (unpaired) electrons. The molecule has 2 aromatic rings. The molecule has 1 aromatic carbocycles. The number of rotatable bonds is 4. The van der Waals surface area contributed by atoms with Crippen molar-refractivity contribution in [2.24, 2.45) is 5.10 Å². The Bertz CT molecular complexity index is 695. The number of halogens is 3. The van der Waals surface area contributed by atoms with E-state index < -0.39 is 17.6 Å². The van der Waals surface area contributed by atoms with E-state index in [1.54, 1.807) is 5.38 Å². The van der Waals surface area contributed by atoms with Gasteiger partial charge in [-0.05, 0) is 13.0 Å². The Hall–Kier alpha value is -2.22. The summed E-state index contributed by atoms with van der Waals surface area (Å²) in [5.74, 6) is -0.439. The van der Waals surface area contributed by atoms with E-state index in [4.69, 9.17) is 0 Å². The molecule has 116 valence electrons. The van der Waals surface area contributed by atoms with Crippen molar-refractivity contribution in [3.05, 3.63) is 51.5 Å². The number of nitrogens with zero attached hydrogens (tertiary/aromatic N) is 2. The van der Waals surface area contributed by atoms with E-state index in [2.05, 4.69) is 15.5 Å². The van der Waals surface area contributed by atoms with Crippen molar-refractivity contribution in [1.29, 1.82) is 0 Å². The number of aromatic nitrogens is 1. The minimum Gasteiger partial charge on any atom is -0.273 e. The third kappa shape index (κ3) is 4.39. The molecule has 0 bridgehead atoms. The van der Waals surface area contributed by atoms with Crippen LogP contribution >= 0.6 is 11.3 Å². The third-order valence-corrected chi connectivity index (χ3v) is 3.49. The molecule has 0 atom stereocenters. The van der Waals surface area contributed by atoms with Crippen LogP contribution in [0.4, 0.5) is 13.2 Å². The second-order valence-corrected chi connectivity index (χ2v) is 5.48. The first-order valence-electron chi connectivity index (χ1n) is 6.25. The summed E-state index contributed by atoms with van der Waals surface area (Å²) in [4.78, 5) is 15.7. The summed E-state index contributed by atoms with van der Waals surface area (Å²) in [7, 11) is 0. The second kappa shape index (κ2) is 6.69. The molecule has 0 spiro atoms. The van der Waals surface area contributed by atoms with E-state index in [1.807, 2.05) is 6.92 Å². The molecule has 0 saturated heterocycles. The van der Waals surface area contributed by atoms with E-state index in [9.17, 15) is 18.0 Å². The van der Waals surface area contributed by atoms with Gasteiger partial charge in [-0.1, -0.05) is 18.2 Å². The van der Waals surface area contributed by atoms with Crippen molar-refractivity contribution < 1.29 is 18.0 Å². The second-order valence-electron chi connectivity index (χ2n) is 4.41. The SMILES string of the molecule is Cc1nc(CC(=O)N/N=C\c2ccccc2C(F)(F)F)cs1. The van der Waals surface area contributed by atoms with Gasteiger partial charge in [0.15, 0.2) is 0 Å². The first-order valence-corrected chi connectivity index (χ1v) is 7.13. The lowest BCUT2D eigenvalue weighted by atomic mass is 10.1. The van der Waals surface area contributed by atoms with E-state index in [1.165, 1.54) is 29.5 Å². The Morgan fingerprint density at radius 3 is 2.77 bits per heavy atom. The molecule has 22 heavy (non-hydrogen) atoms. The first-order chi connectivity index (χ1) is 10.4. The Morgan fingerprint density at radius 1 is 1.41 bits per heavy atom. The van der Waals surface area contributed by atoms with Gasteiger partial charge in [0.1, 0.15) is 0 Å². The molecule has 0 fully saturated rings. The highest BCUT2D eigenvalue weighted by Crippen LogP contribution is 2.30. The topological polar surface area (TPSA) is 54.4 Å². The van der Waals surface area contributed by atoms with Crippen LogP contribution in [0.15, 0.2) is 34.7 Å². The molecule has 1 amide bonds. The Kier molecular flexibility index (Phi) is 4.92. The molecule has 1 heterocycles. The number of carbonyl (C=O) groups excluding carboxylic acids is 1. The number of carbonyl (C=O) groups is 1. The molecule has 1 aromatic heterocycles. The normalized spacial score (nSPS) is 11.8. The lowest BCUT2D eigenvalue weighted by Gasteiger charge is -2.09. The van der Waals surface area contributed by atoms with Crippen molar-refractivity contribution in [2.45, 2.75) is 19.5 Å². The molecule has 1 N–H and O–H groups in total. The molecule has 0 saturated carbocycles. The summed E-state index contributed by atoms with van der Waals surface area (Å²) in [5.41, 5.74) is 1.88. The van der Waals surface area contributed by atoms with Gasteiger partial charge < -0.3 is 0 Å². The minimum atomic E-state index is -4.47. The number of alkyl halides is 3. The van der Waals surface area contributed by atoms with Crippen LogP contribution in [0, 0.1) is 6.92 Å². The number of nitrogens with one attached hydrogen (secondary N) is 1. The summed E-state index contributed by atoms with van der Waals surface area (Å²) < 4.78 is 38.3. The zero-order chi connectivity index (χ0) is 16.2. The average Bonchev–Trinajstić information content (AvgIpc) is 2.83. The summed E-state index contributed by atoms with van der Waals surface area (Å²) in [6.45, 7) is 1.82. The number of amides is 1. The van der Waals surface area contributed by atoms with Gasteiger partial charge in [-0.15, -0.1) is 11.3 Å². The van der Waals surface area contributed by atoms with Crippen molar-refractivity contribution in [1.82, 2.24) is 10.4 Å². The maximum Gasteiger partial charge on any atom is 0.417 e. The van der Waals surface area contributed by atoms with Crippen LogP contribution in [0.1, 0.15) is 21.8 Å². The van der Waals surface area contributed by atoms with Crippen molar-refractivity contribution in [3.63, 3.8) is 0 Å². The maximum atomic E-state index is 12.8. The average molecular weight is 327 g/mol. The summed E-state index contributed by atoms with van der Waals surface area (Å²) >= 11 is 1.42. The molecule has 0 aliphatic carbocycles. The lowest BCUT2D eigenvalue weighted by molar-refractivity contribution is -0.137. The first kappa shape index (κ1) is 16.2. The van der Waals surface area contributed by atoms with Crippen LogP contribution < -0.4 is 5.43 Å². The van der Waals surface area contributed by atoms with Crippen LogP contribution in [-0.2, 0) is 17.4 Å². The highest BCUT2D eigenvalue weighted by atomic mass is 32.1. The quantitative estimate of drug-likeness (QED) is 0.693. The highest BCUT2D eigenvalue weighted by Gasteiger charge is 2.32. The number of hydrazone groups is 1. The van der Waals surface area contributed by atoms with Gasteiger partial charge in [0.05, 0.1) is 28.9 Å². The summed E-state index contributed by atoms with van der Waals surface area (Å²) in [5, 5.41) is 6.16. The van der Waals surface area contributed by atoms with Gasteiger partial charge in [-0.25, -0.2) is 10.4 Å². The largest absolute Gasteiger partial charge is 0.417 e. The molecule has 2 rings (SSSR count). The van der Waals surface area contributed by atoms with Gasteiger partial charge >= 0.3 is 6.18 Å². The number of thiazole rings is 1. The monoisotopic (exact) mass is 327 g/mol. The Labute approximate surface area is 128 Å². The van der Waals surface area contributed by atoms with Crippen LogP contribution in [0.25, 0.3) is 0 Å². The van der Waals surface area contributed by atoms with E-state index in [-0.39, 0.29) is 12.0 Å². The number of benzene rings is 1. The van der Waals surface area contributed by atoms with E-state index in [0.717, 1.165) is 17.3 Å². The summed E-state index contributed by atoms with van der Waals surface area (Å²) in [6.07, 6.45) is -3.46. The Balaban J connectivity index is 1.99. The van der Waals surface area contributed by atoms with Crippen molar-refractivity contribution in [2.75, 3.05) is 0 Å². The lowest BCUT2D eigenvalue weighted by Crippen LogP contribution is -2.20. The molecule has 0 unspecified atom stereocenters. The smallest absolute Gasteiger partial charge is 0.273 e. The van der Waals surface area contributed by atoms with Crippen LogP contribution in [0.2, 0.25) is 0 Å². The third-order valence-electron chi connectivity index (χ3n) is 2.67. The molecular weight excluding hydrogens is 315 g/mol. The fourth-order valence-corrected chi connectivity index (χ4v) is 2.35. The Morgan fingerprint density at radius 2 is 2.14 bits per heavy atom. The molecule has 4 nitrogen and oxygen atoms in total. The van der Waals surface area contributed by atoms with E-state index in [0.29, 0.717) is 5.69 Å². The predicted octanol–water partition coefficient (Wildman–Crippen LogP) is 3.16. The fraction of sp³-hybridized carbons (Fsp3) is 0.214. The number of hydrogen-bond acceptors (Lipinski definition) is 4. The highest BCUT2D eigenvalue weighted by molar-refractivity contribution is 7.09. The maximum absolute atomic E-state index is 12.8. The van der Waals surface area contributed by atoms with Crippen LogP contribution in [0.3, 0.4) is 0 Å². The zero-order valence-electron chi connectivity index (χ0n) is 11.5. The zero-order valence-corrected chi connectivity index (χ0v) is 12.3. The molecule has 0 aliphatic rings. The van der Waals surface area contributed by atoms with Crippen molar-refractivity contribution >= 4 is 23.5 Å². The van der Waals surface area contributed by atoms with E-state index >= 15 is 0 Å². The van der Waals surface area contributed by atoms with Crippen molar-refractivity contribution in [3.8, 4) is 0 Å². The summed E-state index contributed by atoms with van der Waals surface area (Å²) in [6, 6.07) is 5.00. The molecule has 0 aliphatic heterocycles. The fourth-order valence-electron chi connectivity index (χ4n) is 1.74. The van der Waals surface area contributed by atoms with Crippen LogP contribution in [0.5, 0.6) is 0 Å². The standard InChI is InChI=1S/C14H12F3N3OS/c1-9-19-11(8-22-9)6-13(21)20-18-7-10-4-2-3-5-12(10)14(15,16)17/h2-5,7-8H,6H2,1H3,(H,20,21)/b18-7-. The number of hydrogen-bond donors (Lipinski definition) is 1. The van der Waals surface area contributed by atoms with Gasteiger partial charge in [0.25, 0.3) is 0 Å². The van der Waals surface area contributed by atoms with Gasteiger partial charge in [-0.2, -0.15) is 18.3 Å². The van der Waals surface area contributed by atoms with Gasteiger partial charge in [0, 0.05) is 10.9 Å². The minimum absolute atomic E-state index is 0.0304. The molecule has 8 heteroatoms. The molecular formula is C14H12F3N3OS. The predicted molar refractivity (Wildman–Crippen MR) is 77.7 cm³/mol.